The molecule has 0 aliphatic carbocycles. The lowest BCUT2D eigenvalue weighted by atomic mass is 10.1. The number of hydrogen-bond acceptors (Lipinski definition) is 4. The maximum Gasteiger partial charge on any atom is 0.248 e. The van der Waals surface area contributed by atoms with Gasteiger partial charge in [-0.1, -0.05) is 12.1 Å². The second-order valence-electron chi connectivity index (χ2n) is 3.54. The summed E-state index contributed by atoms with van der Waals surface area (Å²) >= 11 is 0. The third-order valence-corrected chi connectivity index (χ3v) is 2.26. The lowest BCUT2D eigenvalue weighted by Crippen LogP contribution is -2.33. The van der Waals surface area contributed by atoms with Gasteiger partial charge in [-0.05, 0) is 17.7 Å². The van der Waals surface area contributed by atoms with Gasteiger partial charge in [-0.3, -0.25) is 4.79 Å². The van der Waals surface area contributed by atoms with Crippen LogP contribution in [0.25, 0.3) is 0 Å². The normalized spacial score (nSPS) is 12.2. The van der Waals surface area contributed by atoms with Crippen molar-refractivity contribution in [3.05, 3.63) is 29.8 Å². The molecule has 0 heterocycles. The van der Waals surface area contributed by atoms with Crippen LogP contribution in [0, 0.1) is 0 Å². The smallest absolute Gasteiger partial charge is 0.248 e. The summed E-state index contributed by atoms with van der Waals surface area (Å²) in [6.45, 7) is -0.508. The van der Waals surface area contributed by atoms with Crippen LogP contribution < -0.4 is 0 Å². The largest absolute Gasteiger partial charge is 0.508 e. The number of aromatic hydroxyl groups is 1. The van der Waals surface area contributed by atoms with Gasteiger partial charge in [0.2, 0.25) is 5.91 Å². The van der Waals surface area contributed by atoms with Gasteiger partial charge < -0.3 is 20.2 Å². The Bertz CT molecular complexity index is 367. The Morgan fingerprint density at radius 2 is 2.19 bits per heavy atom. The van der Waals surface area contributed by atoms with Crippen LogP contribution in [0.15, 0.2) is 24.3 Å². The number of nitrogens with zero attached hydrogens (tertiary/aromatic N) is 1. The average Bonchev–Trinajstić information content (AvgIpc) is 2.27. The lowest BCUT2D eigenvalue weighted by Gasteiger charge is -2.20. The molecule has 88 valence electrons. The molecule has 0 aromatic heterocycles. The average molecular weight is 225 g/mol. The molecular formula is C11H15NO4. The zero-order valence-corrected chi connectivity index (χ0v) is 9.00. The van der Waals surface area contributed by atoms with Crippen molar-refractivity contribution in [1.29, 1.82) is 0 Å². The van der Waals surface area contributed by atoms with Crippen molar-refractivity contribution in [2.24, 2.45) is 0 Å². The van der Waals surface area contributed by atoms with Crippen molar-refractivity contribution in [3.8, 4) is 5.75 Å². The third-order valence-electron chi connectivity index (χ3n) is 2.26. The van der Waals surface area contributed by atoms with E-state index in [-0.39, 0.29) is 12.3 Å². The molecule has 16 heavy (non-hydrogen) atoms. The number of amides is 1. The van der Waals surface area contributed by atoms with E-state index < -0.39 is 18.6 Å². The van der Waals surface area contributed by atoms with Crippen molar-refractivity contribution in [2.45, 2.75) is 6.10 Å². The number of aliphatic hydroxyl groups is 2. The molecule has 1 atom stereocenters. The van der Waals surface area contributed by atoms with Crippen molar-refractivity contribution in [2.75, 3.05) is 20.2 Å². The van der Waals surface area contributed by atoms with E-state index in [2.05, 4.69) is 0 Å². The van der Waals surface area contributed by atoms with Gasteiger partial charge in [-0.15, -0.1) is 0 Å². The first kappa shape index (κ1) is 12.5. The molecule has 3 N–H and O–H groups in total. The molecule has 0 radical (unpaired) electrons. The SMILES string of the molecule is CN(C[C@H](O)c1cccc(O)c1)C(=O)CO. The van der Waals surface area contributed by atoms with Crippen molar-refractivity contribution >= 4 is 5.91 Å². The number of phenols is 1. The molecule has 0 unspecified atom stereocenters. The van der Waals surface area contributed by atoms with Crippen molar-refractivity contribution < 1.29 is 20.1 Å². The Balaban J connectivity index is 2.65. The maximum atomic E-state index is 11.1. The van der Waals surface area contributed by atoms with Crippen LogP contribution in [0.5, 0.6) is 5.75 Å². The molecule has 0 saturated carbocycles. The molecule has 0 fully saturated rings. The van der Waals surface area contributed by atoms with Gasteiger partial charge in [0.05, 0.1) is 12.6 Å². The van der Waals surface area contributed by atoms with Gasteiger partial charge in [0.1, 0.15) is 12.4 Å². The Morgan fingerprint density at radius 3 is 2.75 bits per heavy atom. The molecule has 1 amide bonds. The van der Waals surface area contributed by atoms with Gasteiger partial charge in [-0.2, -0.15) is 0 Å². The van der Waals surface area contributed by atoms with Crippen LogP contribution >= 0.6 is 0 Å². The molecule has 1 rings (SSSR count). The van der Waals surface area contributed by atoms with Crippen LogP contribution in [-0.2, 0) is 4.79 Å². The van der Waals surface area contributed by atoms with Crippen LogP contribution in [0.4, 0.5) is 0 Å². The molecule has 0 aliphatic heterocycles. The van der Waals surface area contributed by atoms with Gasteiger partial charge in [0, 0.05) is 7.05 Å². The zero-order chi connectivity index (χ0) is 12.1. The van der Waals surface area contributed by atoms with Crippen LogP contribution in [-0.4, -0.2) is 46.3 Å². The maximum absolute atomic E-state index is 11.1. The second-order valence-corrected chi connectivity index (χ2v) is 3.54. The van der Waals surface area contributed by atoms with Gasteiger partial charge in [0.25, 0.3) is 0 Å². The number of carbonyl (C=O) groups is 1. The summed E-state index contributed by atoms with van der Waals surface area (Å²) in [5.74, 6) is -0.396. The molecule has 1 aromatic rings. The summed E-state index contributed by atoms with van der Waals surface area (Å²) < 4.78 is 0. The summed E-state index contributed by atoms with van der Waals surface area (Å²) in [5.41, 5.74) is 0.526. The van der Waals surface area contributed by atoms with Gasteiger partial charge >= 0.3 is 0 Å². The number of aliphatic hydroxyl groups excluding tert-OH is 2. The minimum Gasteiger partial charge on any atom is -0.508 e. The van der Waals surface area contributed by atoms with E-state index in [1.54, 1.807) is 12.1 Å². The van der Waals surface area contributed by atoms with Gasteiger partial charge in [0.15, 0.2) is 0 Å². The summed E-state index contributed by atoms with van der Waals surface area (Å²) in [7, 11) is 1.49. The van der Waals surface area contributed by atoms with Crippen LogP contribution in [0.1, 0.15) is 11.7 Å². The molecule has 0 bridgehead atoms. The third kappa shape index (κ3) is 3.22. The summed E-state index contributed by atoms with van der Waals surface area (Å²) in [4.78, 5) is 12.3. The fourth-order valence-electron chi connectivity index (χ4n) is 1.32. The number of rotatable bonds is 4. The van der Waals surface area contributed by atoms with E-state index in [0.29, 0.717) is 5.56 Å². The fourth-order valence-corrected chi connectivity index (χ4v) is 1.32. The second kappa shape index (κ2) is 5.48. The standard InChI is InChI=1S/C11H15NO4/c1-12(11(16)7-13)6-10(15)8-3-2-4-9(14)5-8/h2-5,10,13-15H,6-7H2,1H3/t10-/m0/s1. The first-order valence-corrected chi connectivity index (χ1v) is 4.86. The summed E-state index contributed by atoms with van der Waals surface area (Å²) in [6, 6.07) is 6.20. The monoisotopic (exact) mass is 225 g/mol. The number of likely N-dealkylation sites (N-methyl/N-ethyl adjacent to an activating group) is 1. The Hall–Kier alpha value is -1.59. The van der Waals surface area contributed by atoms with Gasteiger partial charge in [-0.25, -0.2) is 0 Å². The number of carbonyl (C=O) groups excluding carboxylic acids is 1. The molecule has 1 aromatic carbocycles. The van der Waals surface area contributed by atoms with E-state index >= 15 is 0 Å². The van der Waals surface area contributed by atoms with E-state index in [9.17, 15) is 15.0 Å². The minimum atomic E-state index is -0.882. The highest BCUT2D eigenvalue weighted by Gasteiger charge is 2.14. The Morgan fingerprint density at radius 1 is 1.50 bits per heavy atom. The summed E-state index contributed by atoms with van der Waals surface area (Å²) in [5, 5.41) is 27.6. The minimum absolute atomic E-state index is 0.0627. The molecule has 5 nitrogen and oxygen atoms in total. The van der Waals surface area contributed by atoms with Crippen molar-refractivity contribution in [1.82, 2.24) is 4.90 Å². The quantitative estimate of drug-likeness (QED) is 0.667. The van der Waals surface area contributed by atoms with Crippen LogP contribution in [0.3, 0.4) is 0 Å². The Kier molecular flexibility index (Phi) is 4.28. The molecule has 0 spiro atoms. The van der Waals surface area contributed by atoms with E-state index in [1.165, 1.54) is 24.1 Å². The predicted octanol–water partition coefficient (Wildman–Crippen LogP) is -0.124. The summed E-state index contributed by atoms with van der Waals surface area (Å²) in [6.07, 6.45) is -0.882. The van der Waals surface area contributed by atoms with Crippen LogP contribution in [0.2, 0.25) is 0 Å². The molecule has 0 saturated heterocycles. The Labute approximate surface area is 93.6 Å². The molecular weight excluding hydrogens is 210 g/mol. The molecule has 0 aliphatic rings. The van der Waals surface area contributed by atoms with E-state index in [1.807, 2.05) is 0 Å². The highest BCUT2D eigenvalue weighted by Crippen LogP contribution is 2.18. The highest BCUT2D eigenvalue weighted by atomic mass is 16.3. The predicted molar refractivity (Wildman–Crippen MR) is 57.8 cm³/mol. The highest BCUT2D eigenvalue weighted by molar-refractivity contribution is 5.76. The first-order valence-electron chi connectivity index (χ1n) is 4.86. The fraction of sp³-hybridized carbons (Fsp3) is 0.364. The number of benzene rings is 1. The molecule has 5 heteroatoms. The first-order chi connectivity index (χ1) is 7.54. The lowest BCUT2D eigenvalue weighted by molar-refractivity contribution is -0.134. The van der Waals surface area contributed by atoms with E-state index in [4.69, 9.17) is 5.11 Å². The van der Waals surface area contributed by atoms with E-state index in [0.717, 1.165) is 0 Å². The zero-order valence-electron chi connectivity index (χ0n) is 9.00. The number of phenolic OH excluding ortho intramolecular Hbond substituents is 1. The number of hydrogen-bond donors (Lipinski definition) is 3. The van der Waals surface area contributed by atoms with Crippen molar-refractivity contribution in [3.63, 3.8) is 0 Å². The topological polar surface area (TPSA) is 81.0 Å².